The second-order valence-corrected chi connectivity index (χ2v) is 6.08. The van der Waals surface area contributed by atoms with Gasteiger partial charge in [-0.3, -0.25) is 14.9 Å². The van der Waals surface area contributed by atoms with Gasteiger partial charge in [-0.2, -0.15) is 0 Å². The molecule has 0 aliphatic heterocycles. The highest BCUT2D eigenvalue weighted by Gasteiger charge is 2.28. The predicted molar refractivity (Wildman–Crippen MR) is 94.5 cm³/mol. The Morgan fingerprint density at radius 1 is 0.920 bits per heavy atom. The number of nitro benzene ring substituents is 1. The van der Waals surface area contributed by atoms with Crippen molar-refractivity contribution in [1.82, 2.24) is 0 Å². The van der Waals surface area contributed by atoms with Crippen molar-refractivity contribution >= 4 is 69.7 Å². The molecule has 2 rings (SSSR count). The van der Waals surface area contributed by atoms with Crippen molar-refractivity contribution in [3.63, 3.8) is 0 Å². The maximum absolute atomic E-state index is 12.4. The molecular weight excluding hydrogens is 418 g/mol. The summed E-state index contributed by atoms with van der Waals surface area (Å²) in [6.45, 7) is 0. The van der Waals surface area contributed by atoms with E-state index < -0.39 is 32.9 Å². The lowest BCUT2D eigenvalue weighted by molar-refractivity contribution is -0.384. The number of halogens is 4. The topological polar surface area (TPSA) is 110 Å². The summed E-state index contributed by atoms with van der Waals surface area (Å²) in [6, 6.07) is 4.86. The van der Waals surface area contributed by atoms with Crippen LogP contribution in [0.2, 0.25) is 20.1 Å². The van der Waals surface area contributed by atoms with Crippen LogP contribution in [0.3, 0.4) is 0 Å². The van der Waals surface area contributed by atoms with Gasteiger partial charge in [0.05, 0.1) is 36.1 Å². The standard InChI is InChI=1S/C14H6Cl4N2O5/c15-9-7(8(14(22)23)10(16)12(18)11(9)17)13(21)19-5-1-3-6(4-2-5)20(24)25/h1-4H,(H,19,21)(H,22,23). The lowest BCUT2D eigenvalue weighted by atomic mass is 10.1. The van der Waals surface area contributed by atoms with Crippen LogP contribution in [-0.2, 0) is 0 Å². The number of carboxylic acids is 1. The van der Waals surface area contributed by atoms with Crippen molar-refractivity contribution in [2.24, 2.45) is 0 Å². The van der Waals surface area contributed by atoms with Gasteiger partial charge in [-0.1, -0.05) is 46.4 Å². The molecule has 0 aliphatic rings. The van der Waals surface area contributed by atoms with E-state index in [9.17, 15) is 24.8 Å². The number of aromatic carboxylic acids is 1. The highest BCUT2D eigenvalue weighted by Crippen LogP contribution is 2.41. The van der Waals surface area contributed by atoms with Crippen LogP contribution in [0.25, 0.3) is 0 Å². The number of nitro groups is 1. The molecule has 0 aromatic heterocycles. The number of non-ortho nitro benzene ring substituents is 1. The second kappa shape index (κ2) is 7.45. The Balaban J connectivity index is 2.48. The molecular formula is C14H6Cl4N2O5. The molecule has 0 bridgehead atoms. The molecule has 0 saturated heterocycles. The molecule has 0 spiro atoms. The third kappa shape index (κ3) is 3.80. The Kier molecular flexibility index (Phi) is 5.74. The molecule has 0 saturated carbocycles. The Morgan fingerprint density at radius 2 is 1.40 bits per heavy atom. The second-order valence-electron chi connectivity index (χ2n) is 4.57. The molecule has 0 aliphatic carbocycles. The minimum atomic E-state index is -1.53. The fourth-order valence-corrected chi connectivity index (χ4v) is 2.93. The molecule has 2 aromatic carbocycles. The number of nitrogens with zero attached hydrogens (tertiary/aromatic N) is 1. The van der Waals surface area contributed by atoms with E-state index in [0.29, 0.717) is 0 Å². The van der Waals surface area contributed by atoms with Gasteiger partial charge in [0.25, 0.3) is 11.6 Å². The molecule has 1 amide bonds. The van der Waals surface area contributed by atoms with Crippen molar-refractivity contribution in [3.8, 4) is 0 Å². The average Bonchev–Trinajstić information content (AvgIpc) is 2.55. The summed E-state index contributed by atoms with van der Waals surface area (Å²) in [6.07, 6.45) is 0. The van der Waals surface area contributed by atoms with Crippen LogP contribution in [0.4, 0.5) is 11.4 Å². The first-order valence-electron chi connectivity index (χ1n) is 6.30. The summed E-state index contributed by atoms with van der Waals surface area (Å²) < 4.78 is 0. The molecule has 0 atom stereocenters. The number of carboxylic acid groups (broad SMARTS) is 1. The molecule has 11 heteroatoms. The molecule has 130 valence electrons. The van der Waals surface area contributed by atoms with Gasteiger partial charge in [0.15, 0.2) is 0 Å². The Labute approximate surface area is 160 Å². The number of carbonyl (C=O) groups excluding carboxylic acids is 1. The van der Waals surface area contributed by atoms with Gasteiger partial charge in [-0.15, -0.1) is 0 Å². The van der Waals surface area contributed by atoms with Crippen LogP contribution in [0.1, 0.15) is 20.7 Å². The monoisotopic (exact) mass is 422 g/mol. The lowest BCUT2D eigenvalue weighted by Gasteiger charge is -2.14. The smallest absolute Gasteiger partial charge is 0.338 e. The van der Waals surface area contributed by atoms with Crippen LogP contribution < -0.4 is 5.32 Å². The summed E-state index contributed by atoms with van der Waals surface area (Å²) in [5.74, 6) is -2.45. The Hall–Kier alpha value is -2.06. The van der Waals surface area contributed by atoms with Crippen LogP contribution in [0.5, 0.6) is 0 Å². The lowest BCUT2D eigenvalue weighted by Crippen LogP contribution is -2.18. The first-order valence-corrected chi connectivity index (χ1v) is 7.81. The Morgan fingerprint density at radius 3 is 1.84 bits per heavy atom. The van der Waals surface area contributed by atoms with Crippen molar-refractivity contribution < 1.29 is 19.6 Å². The molecule has 0 unspecified atom stereocenters. The van der Waals surface area contributed by atoms with Gasteiger partial charge in [0, 0.05) is 17.8 Å². The fourth-order valence-electron chi connectivity index (χ4n) is 1.91. The normalized spacial score (nSPS) is 10.4. The van der Waals surface area contributed by atoms with Crippen LogP contribution in [-0.4, -0.2) is 21.9 Å². The molecule has 2 N–H and O–H groups in total. The maximum atomic E-state index is 12.4. The minimum absolute atomic E-state index is 0.171. The summed E-state index contributed by atoms with van der Waals surface area (Å²) in [5.41, 5.74) is -1.10. The van der Waals surface area contributed by atoms with E-state index in [2.05, 4.69) is 5.32 Å². The minimum Gasteiger partial charge on any atom is -0.478 e. The first kappa shape index (κ1) is 19.3. The maximum Gasteiger partial charge on any atom is 0.338 e. The van der Waals surface area contributed by atoms with E-state index in [-0.39, 0.29) is 26.4 Å². The van der Waals surface area contributed by atoms with Gasteiger partial charge in [0.2, 0.25) is 0 Å². The molecule has 2 aromatic rings. The first-order chi connectivity index (χ1) is 11.6. The quantitative estimate of drug-likeness (QED) is 0.305. The van der Waals surface area contributed by atoms with Crippen molar-refractivity contribution in [2.75, 3.05) is 5.32 Å². The summed E-state index contributed by atoms with van der Waals surface area (Å²) in [5, 5.41) is 20.9. The zero-order chi connectivity index (χ0) is 18.9. The number of rotatable bonds is 4. The third-order valence-electron chi connectivity index (χ3n) is 3.04. The van der Waals surface area contributed by atoms with Gasteiger partial charge >= 0.3 is 5.97 Å². The van der Waals surface area contributed by atoms with Gasteiger partial charge in [0.1, 0.15) is 0 Å². The molecule has 25 heavy (non-hydrogen) atoms. The number of hydrogen-bond acceptors (Lipinski definition) is 4. The van der Waals surface area contributed by atoms with E-state index in [1.54, 1.807) is 0 Å². The number of carbonyl (C=O) groups is 2. The van der Waals surface area contributed by atoms with Crippen LogP contribution in [0, 0.1) is 10.1 Å². The number of nitrogens with one attached hydrogen (secondary N) is 1. The van der Waals surface area contributed by atoms with E-state index in [1.165, 1.54) is 12.1 Å². The van der Waals surface area contributed by atoms with Crippen LogP contribution >= 0.6 is 46.4 Å². The van der Waals surface area contributed by atoms with Crippen molar-refractivity contribution in [1.29, 1.82) is 0 Å². The summed E-state index contributed by atoms with van der Waals surface area (Å²) in [7, 11) is 0. The predicted octanol–water partition coefficient (Wildman–Crippen LogP) is 5.16. The average molecular weight is 424 g/mol. The van der Waals surface area contributed by atoms with Gasteiger partial charge in [-0.05, 0) is 12.1 Å². The van der Waals surface area contributed by atoms with Crippen molar-refractivity contribution in [3.05, 3.63) is 65.6 Å². The highest BCUT2D eigenvalue weighted by molar-refractivity contribution is 6.54. The van der Waals surface area contributed by atoms with E-state index in [4.69, 9.17) is 46.4 Å². The number of benzene rings is 2. The number of amides is 1. The zero-order valence-electron chi connectivity index (χ0n) is 11.8. The largest absolute Gasteiger partial charge is 0.478 e. The SMILES string of the molecule is O=C(O)c1c(Cl)c(Cl)c(Cl)c(Cl)c1C(=O)Nc1ccc([N+](=O)[O-])cc1. The molecule has 7 nitrogen and oxygen atoms in total. The number of anilines is 1. The van der Waals surface area contributed by atoms with Gasteiger partial charge in [-0.25, -0.2) is 4.79 Å². The van der Waals surface area contributed by atoms with E-state index >= 15 is 0 Å². The van der Waals surface area contributed by atoms with Gasteiger partial charge < -0.3 is 10.4 Å². The van der Waals surface area contributed by atoms with E-state index in [0.717, 1.165) is 12.1 Å². The fraction of sp³-hybridized carbons (Fsp3) is 0. The summed E-state index contributed by atoms with van der Waals surface area (Å²) in [4.78, 5) is 33.9. The highest BCUT2D eigenvalue weighted by atomic mass is 35.5. The van der Waals surface area contributed by atoms with Crippen molar-refractivity contribution in [2.45, 2.75) is 0 Å². The third-order valence-corrected chi connectivity index (χ3v) is 4.85. The molecule has 0 radical (unpaired) electrons. The zero-order valence-corrected chi connectivity index (χ0v) is 14.9. The van der Waals surface area contributed by atoms with E-state index in [1.807, 2.05) is 0 Å². The Bertz CT molecular complexity index is 899. The van der Waals surface area contributed by atoms with Crippen LogP contribution in [0.15, 0.2) is 24.3 Å². The molecule has 0 heterocycles. The summed E-state index contributed by atoms with van der Waals surface area (Å²) >= 11 is 23.5. The molecule has 0 fully saturated rings. The number of hydrogen-bond donors (Lipinski definition) is 2.